The molecule has 1 saturated carbocycles. The molecule has 2 rings (SSSR count). The van der Waals surface area contributed by atoms with Crippen molar-refractivity contribution in [2.75, 3.05) is 24.2 Å². The van der Waals surface area contributed by atoms with Crippen LogP contribution in [0, 0.1) is 5.92 Å². The van der Waals surface area contributed by atoms with Crippen molar-refractivity contribution in [2.45, 2.75) is 44.0 Å². The molecule has 112 valence electrons. The summed E-state index contributed by atoms with van der Waals surface area (Å²) in [6.45, 7) is 8.04. The summed E-state index contributed by atoms with van der Waals surface area (Å²) in [5.41, 5.74) is 0. The van der Waals surface area contributed by atoms with Crippen LogP contribution in [-0.2, 0) is 4.79 Å². The van der Waals surface area contributed by atoms with E-state index in [0.29, 0.717) is 17.7 Å². The summed E-state index contributed by atoms with van der Waals surface area (Å²) < 4.78 is 0.856. The number of hydrogen-bond donors (Lipinski definition) is 1. The molecule has 1 aromatic rings. The molecule has 20 heavy (non-hydrogen) atoms. The smallest absolute Gasteiger partial charge is 0.233 e. The summed E-state index contributed by atoms with van der Waals surface area (Å²) in [6, 6.07) is 0.484. The van der Waals surface area contributed by atoms with E-state index in [1.165, 1.54) is 23.1 Å². The zero-order chi connectivity index (χ0) is 14.5. The molecule has 1 aliphatic rings. The largest absolute Gasteiger partial charge is 0.360 e. The van der Waals surface area contributed by atoms with Gasteiger partial charge in [0, 0.05) is 19.1 Å². The summed E-state index contributed by atoms with van der Waals surface area (Å²) in [7, 11) is 0. The van der Waals surface area contributed by atoms with Crippen LogP contribution in [0.15, 0.2) is 4.34 Å². The number of carbonyl (C=O) groups is 1. The van der Waals surface area contributed by atoms with Gasteiger partial charge in [-0.2, -0.15) is 0 Å². The lowest BCUT2D eigenvalue weighted by Gasteiger charge is -2.24. The van der Waals surface area contributed by atoms with E-state index in [1.807, 2.05) is 11.8 Å². The Morgan fingerprint density at radius 3 is 2.85 bits per heavy atom. The first-order valence-electron chi connectivity index (χ1n) is 7.09. The van der Waals surface area contributed by atoms with E-state index in [-0.39, 0.29) is 5.91 Å². The highest BCUT2D eigenvalue weighted by atomic mass is 32.2. The fraction of sp³-hybridized carbons (Fsp3) is 0.769. The summed E-state index contributed by atoms with van der Waals surface area (Å²) in [5, 5.41) is 12.1. The molecule has 1 fully saturated rings. The molecule has 0 saturated heterocycles. The zero-order valence-corrected chi connectivity index (χ0v) is 13.9. The van der Waals surface area contributed by atoms with Crippen LogP contribution in [-0.4, -0.2) is 45.9 Å². The third-order valence-corrected chi connectivity index (χ3v) is 4.92. The van der Waals surface area contributed by atoms with Gasteiger partial charge in [0.05, 0.1) is 5.75 Å². The lowest BCUT2D eigenvalue weighted by Crippen LogP contribution is -2.37. The van der Waals surface area contributed by atoms with Gasteiger partial charge in [-0.1, -0.05) is 36.9 Å². The van der Waals surface area contributed by atoms with Gasteiger partial charge >= 0.3 is 0 Å². The predicted octanol–water partition coefficient (Wildman–Crippen LogP) is 2.71. The van der Waals surface area contributed by atoms with Gasteiger partial charge in [-0.05, 0) is 25.7 Å². The first kappa shape index (κ1) is 15.6. The van der Waals surface area contributed by atoms with Crippen LogP contribution in [0.5, 0.6) is 0 Å². The summed E-state index contributed by atoms with van der Waals surface area (Å²) >= 11 is 3.00. The Morgan fingerprint density at radius 1 is 1.50 bits per heavy atom. The maximum atomic E-state index is 12.3. The molecule has 0 unspecified atom stereocenters. The predicted molar refractivity (Wildman–Crippen MR) is 84.4 cm³/mol. The number of rotatable bonds is 8. The minimum atomic E-state index is 0.228. The van der Waals surface area contributed by atoms with Crippen molar-refractivity contribution in [3.63, 3.8) is 0 Å². The van der Waals surface area contributed by atoms with Crippen molar-refractivity contribution in [1.29, 1.82) is 0 Å². The average Bonchev–Trinajstić information content (AvgIpc) is 3.14. The summed E-state index contributed by atoms with van der Waals surface area (Å²) in [6.07, 6.45) is 2.32. The highest BCUT2D eigenvalue weighted by Crippen LogP contribution is 2.30. The van der Waals surface area contributed by atoms with Crippen molar-refractivity contribution in [3.8, 4) is 0 Å². The molecule has 1 amide bonds. The molecule has 7 heteroatoms. The van der Waals surface area contributed by atoms with Gasteiger partial charge in [0.1, 0.15) is 0 Å². The normalized spacial score (nSPS) is 14.6. The molecule has 0 aromatic carbocycles. The monoisotopic (exact) mass is 314 g/mol. The highest BCUT2D eigenvalue weighted by Gasteiger charge is 2.32. The van der Waals surface area contributed by atoms with Crippen molar-refractivity contribution in [3.05, 3.63) is 0 Å². The number of aromatic nitrogens is 2. The second kappa shape index (κ2) is 7.26. The number of amides is 1. The van der Waals surface area contributed by atoms with Gasteiger partial charge in [-0.25, -0.2) is 0 Å². The lowest BCUT2D eigenvalue weighted by molar-refractivity contribution is -0.129. The number of thioether (sulfide) groups is 1. The van der Waals surface area contributed by atoms with Crippen LogP contribution < -0.4 is 5.32 Å². The van der Waals surface area contributed by atoms with E-state index in [2.05, 4.69) is 29.4 Å². The second-order valence-corrected chi connectivity index (χ2v) is 7.56. The standard InChI is InChI=1S/C13H22N4OS2/c1-4-14-12-15-16-13(20-12)19-8-11(18)17(7-9(2)3)10-5-6-10/h9-10H,4-8H2,1-3H3,(H,14,15). The van der Waals surface area contributed by atoms with Crippen LogP contribution in [0.3, 0.4) is 0 Å². The minimum Gasteiger partial charge on any atom is -0.360 e. The lowest BCUT2D eigenvalue weighted by atomic mass is 10.2. The van der Waals surface area contributed by atoms with Crippen molar-refractivity contribution >= 4 is 34.1 Å². The van der Waals surface area contributed by atoms with E-state index in [1.54, 1.807) is 0 Å². The molecule has 0 radical (unpaired) electrons. The second-order valence-electron chi connectivity index (χ2n) is 5.36. The van der Waals surface area contributed by atoms with Gasteiger partial charge in [-0.15, -0.1) is 10.2 Å². The first-order chi connectivity index (χ1) is 9.60. The van der Waals surface area contributed by atoms with E-state index in [0.717, 1.165) is 35.4 Å². The Labute approximate surface area is 128 Å². The number of hydrogen-bond acceptors (Lipinski definition) is 6. The molecule has 1 aliphatic carbocycles. The molecular formula is C13H22N4OS2. The Balaban J connectivity index is 1.83. The van der Waals surface area contributed by atoms with Crippen LogP contribution in [0.1, 0.15) is 33.6 Å². The van der Waals surface area contributed by atoms with Crippen molar-refractivity contribution in [2.24, 2.45) is 5.92 Å². The quantitative estimate of drug-likeness (QED) is 0.748. The highest BCUT2D eigenvalue weighted by molar-refractivity contribution is 8.01. The molecule has 1 aromatic heterocycles. The fourth-order valence-electron chi connectivity index (χ4n) is 1.93. The molecule has 0 atom stereocenters. The van der Waals surface area contributed by atoms with Crippen LogP contribution in [0.2, 0.25) is 0 Å². The molecule has 5 nitrogen and oxygen atoms in total. The summed E-state index contributed by atoms with van der Waals surface area (Å²) in [4.78, 5) is 14.4. The van der Waals surface area contributed by atoms with E-state index in [9.17, 15) is 4.79 Å². The summed E-state index contributed by atoms with van der Waals surface area (Å²) in [5.74, 6) is 1.21. The molecule has 1 N–H and O–H groups in total. The van der Waals surface area contributed by atoms with E-state index >= 15 is 0 Å². The SMILES string of the molecule is CCNc1nnc(SCC(=O)N(CC(C)C)C2CC2)s1. The molecule has 0 bridgehead atoms. The molecule has 0 aliphatic heterocycles. The van der Waals surface area contributed by atoms with Crippen LogP contribution in [0.4, 0.5) is 5.13 Å². The average molecular weight is 314 g/mol. The first-order valence-corrected chi connectivity index (χ1v) is 8.90. The van der Waals surface area contributed by atoms with Gasteiger partial charge in [0.25, 0.3) is 0 Å². The number of nitrogens with one attached hydrogen (secondary N) is 1. The van der Waals surface area contributed by atoms with Crippen molar-refractivity contribution < 1.29 is 4.79 Å². The molecule has 1 heterocycles. The minimum absolute atomic E-state index is 0.228. The zero-order valence-electron chi connectivity index (χ0n) is 12.3. The maximum absolute atomic E-state index is 12.3. The van der Waals surface area contributed by atoms with Gasteiger partial charge in [0.15, 0.2) is 4.34 Å². The Bertz CT molecular complexity index is 445. The third-order valence-electron chi connectivity index (χ3n) is 2.92. The van der Waals surface area contributed by atoms with Gasteiger partial charge in [0.2, 0.25) is 11.0 Å². The third kappa shape index (κ3) is 4.63. The Hall–Kier alpha value is -0.820. The van der Waals surface area contributed by atoms with E-state index < -0.39 is 0 Å². The van der Waals surface area contributed by atoms with E-state index in [4.69, 9.17) is 0 Å². The number of carbonyl (C=O) groups excluding carboxylic acids is 1. The molecule has 0 spiro atoms. The van der Waals surface area contributed by atoms with Crippen LogP contribution >= 0.6 is 23.1 Å². The Morgan fingerprint density at radius 2 is 2.25 bits per heavy atom. The van der Waals surface area contributed by atoms with Gasteiger partial charge < -0.3 is 10.2 Å². The number of nitrogens with zero attached hydrogens (tertiary/aromatic N) is 3. The maximum Gasteiger partial charge on any atom is 0.233 e. The topological polar surface area (TPSA) is 58.1 Å². The Kier molecular flexibility index (Phi) is 5.65. The molecular weight excluding hydrogens is 292 g/mol. The fourth-order valence-corrected chi connectivity index (χ4v) is 3.64. The van der Waals surface area contributed by atoms with Crippen LogP contribution in [0.25, 0.3) is 0 Å². The van der Waals surface area contributed by atoms with Gasteiger partial charge in [-0.3, -0.25) is 4.79 Å². The van der Waals surface area contributed by atoms with Crippen molar-refractivity contribution in [1.82, 2.24) is 15.1 Å². The number of anilines is 1.